The lowest BCUT2D eigenvalue weighted by Gasteiger charge is -2.29. The van der Waals surface area contributed by atoms with Crippen molar-refractivity contribution in [1.82, 2.24) is 10.2 Å². The van der Waals surface area contributed by atoms with Crippen molar-refractivity contribution in [3.8, 4) is 0 Å². The Hall–Kier alpha value is -2.74. The van der Waals surface area contributed by atoms with Crippen LogP contribution in [-0.4, -0.2) is 49.8 Å². The molecule has 1 saturated heterocycles. The van der Waals surface area contributed by atoms with Crippen molar-refractivity contribution >= 4 is 26.5 Å². The molecule has 2 aliphatic rings. The van der Waals surface area contributed by atoms with Crippen molar-refractivity contribution in [3.05, 3.63) is 77.4 Å². The normalized spacial score (nSPS) is 19.1. The maximum absolute atomic E-state index is 13.1. The number of aryl methyl sites for hydroxylation is 1. The van der Waals surface area contributed by atoms with Gasteiger partial charge >= 0.3 is 0 Å². The molecule has 3 aromatic carbocycles. The Morgan fingerprint density at radius 3 is 2.55 bits per heavy atom. The molecule has 1 heterocycles. The van der Waals surface area contributed by atoms with Crippen LogP contribution in [0.5, 0.6) is 0 Å². The molecule has 6 nitrogen and oxygen atoms in total. The first kappa shape index (κ1) is 26.9. The van der Waals surface area contributed by atoms with Crippen LogP contribution >= 0.6 is 0 Å². The van der Waals surface area contributed by atoms with Crippen LogP contribution in [0, 0.1) is 5.92 Å². The minimum absolute atomic E-state index is 0.0256. The van der Waals surface area contributed by atoms with E-state index in [-0.39, 0.29) is 35.6 Å². The Bertz CT molecular complexity index is 1380. The Morgan fingerprint density at radius 2 is 1.76 bits per heavy atom. The molecule has 0 spiro atoms. The van der Waals surface area contributed by atoms with Gasteiger partial charge in [-0.15, -0.1) is 0 Å². The molecule has 0 saturated carbocycles. The number of hydrogen-bond donors (Lipinski definition) is 2. The third kappa shape index (κ3) is 6.45. The summed E-state index contributed by atoms with van der Waals surface area (Å²) in [6, 6.07) is 19.2. The smallest absolute Gasteiger partial charge is 0.220 e. The number of sulfone groups is 1. The molecule has 0 radical (unpaired) electrons. The monoisotopic (exact) mass is 534 g/mol. The Morgan fingerprint density at radius 1 is 0.974 bits per heavy atom. The average molecular weight is 535 g/mol. The Balaban J connectivity index is 1.21. The molecule has 202 valence electrons. The molecular formula is C31H38N2O4S. The molecule has 2 N–H and O–H groups in total. The number of benzene rings is 3. The highest BCUT2D eigenvalue weighted by molar-refractivity contribution is 7.91. The number of likely N-dealkylation sites (tertiary alicyclic amines) is 1. The van der Waals surface area contributed by atoms with E-state index in [0.29, 0.717) is 0 Å². The summed E-state index contributed by atoms with van der Waals surface area (Å²) >= 11 is 0. The van der Waals surface area contributed by atoms with E-state index in [1.54, 1.807) is 18.2 Å². The Kier molecular flexibility index (Phi) is 8.46. The maximum atomic E-state index is 13.1. The van der Waals surface area contributed by atoms with E-state index >= 15 is 0 Å². The van der Waals surface area contributed by atoms with Crippen LogP contribution in [0.1, 0.15) is 61.3 Å². The summed E-state index contributed by atoms with van der Waals surface area (Å²) in [4.78, 5) is 15.7. The van der Waals surface area contributed by atoms with Crippen LogP contribution < -0.4 is 5.32 Å². The van der Waals surface area contributed by atoms with E-state index < -0.39 is 15.8 Å². The van der Waals surface area contributed by atoms with Crippen molar-refractivity contribution in [2.45, 2.75) is 62.4 Å². The second-order valence-electron chi connectivity index (χ2n) is 10.9. The van der Waals surface area contributed by atoms with Crippen molar-refractivity contribution in [2.75, 3.05) is 25.4 Å². The van der Waals surface area contributed by atoms with Gasteiger partial charge in [0.15, 0.2) is 9.84 Å². The van der Waals surface area contributed by atoms with Gasteiger partial charge in [0.05, 0.1) is 16.7 Å². The van der Waals surface area contributed by atoms with Gasteiger partial charge in [-0.3, -0.25) is 9.69 Å². The van der Waals surface area contributed by atoms with E-state index in [1.165, 1.54) is 43.5 Å². The van der Waals surface area contributed by atoms with Gasteiger partial charge in [0.2, 0.25) is 5.91 Å². The lowest BCUT2D eigenvalue weighted by molar-refractivity contribution is -0.123. The van der Waals surface area contributed by atoms with Crippen molar-refractivity contribution in [3.63, 3.8) is 0 Å². The number of piperidine rings is 1. The van der Waals surface area contributed by atoms with Crippen LogP contribution in [0.25, 0.3) is 10.8 Å². The van der Waals surface area contributed by atoms with Gasteiger partial charge in [0.1, 0.15) is 0 Å². The van der Waals surface area contributed by atoms with Gasteiger partial charge in [0.25, 0.3) is 0 Å². The quantitative estimate of drug-likeness (QED) is 0.412. The third-order valence-electron chi connectivity index (χ3n) is 7.98. The SMILES string of the molecule is O=C(C[C@H](CO)CS(=O)(=O)c1ccc2ccccc2c1)N[C@H]1CCCc2cc(CN3CCCCC3)ccc21. The van der Waals surface area contributed by atoms with Crippen LogP contribution in [0.15, 0.2) is 65.6 Å². The highest BCUT2D eigenvalue weighted by Crippen LogP contribution is 2.31. The minimum atomic E-state index is -3.65. The summed E-state index contributed by atoms with van der Waals surface area (Å²) in [6.45, 7) is 2.95. The molecule has 3 aromatic rings. The van der Waals surface area contributed by atoms with Gasteiger partial charge in [-0.2, -0.15) is 0 Å². The van der Waals surface area contributed by atoms with Gasteiger partial charge in [-0.05, 0) is 84.8 Å². The fourth-order valence-electron chi connectivity index (χ4n) is 5.95. The molecule has 1 amide bonds. The van der Waals surface area contributed by atoms with E-state index in [4.69, 9.17) is 0 Å². The second-order valence-corrected chi connectivity index (χ2v) is 13.0. The topological polar surface area (TPSA) is 86.7 Å². The largest absolute Gasteiger partial charge is 0.396 e. The standard InChI is InChI=1S/C31H38N2O4S/c34-21-24(22-38(36,37)28-13-12-25-7-2-3-8-26(25)19-28)18-31(35)32-30-10-6-9-27-17-23(11-14-29(27)30)20-33-15-4-1-5-16-33/h2-3,7-8,11-14,17,19,24,30,34H,1,4-6,9-10,15-16,18,20-22H2,(H,32,35)/t24-,30+/m1/s1. The summed E-state index contributed by atoms with van der Waals surface area (Å²) in [5, 5.41) is 14.9. The van der Waals surface area contributed by atoms with E-state index in [9.17, 15) is 18.3 Å². The third-order valence-corrected chi connectivity index (χ3v) is 9.86. The maximum Gasteiger partial charge on any atom is 0.220 e. The molecular weight excluding hydrogens is 496 g/mol. The summed E-state index contributed by atoms with van der Waals surface area (Å²) in [5.74, 6) is -1.15. The number of fused-ring (bicyclic) bond motifs is 2. The van der Waals surface area contributed by atoms with Crippen LogP contribution in [0.4, 0.5) is 0 Å². The van der Waals surface area contributed by atoms with Gasteiger partial charge in [0, 0.05) is 25.5 Å². The molecule has 1 fully saturated rings. The first-order chi connectivity index (χ1) is 18.4. The van der Waals surface area contributed by atoms with Crippen molar-refractivity contribution in [1.29, 1.82) is 0 Å². The fourth-order valence-corrected chi connectivity index (χ4v) is 7.57. The number of amides is 1. The average Bonchev–Trinajstić information content (AvgIpc) is 2.93. The summed E-state index contributed by atoms with van der Waals surface area (Å²) in [7, 11) is -3.65. The van der Waals surface area contributed by atoms with Crippen molar-refractivity contribution in [2.24, 2.45) is 5.92 Å². The lowest BCUT2D eigenvalue weighted by atomic mass is 9.86. The number of rotatable bonds is 9. The number of nitrogens with zero attached hydrogens (tertiary/aromatic N) is 1. The Labute approximate surface area is 226 Å². The highest BCUT2D eigenvalue weighted by Gasteiger charge is 2.26. The molecule has 38 heavy (non-hydrogen) atoms. The zero-order chi connectivity index (χ0) is 26.5. The first-order valence-corrected chi connectivity index (χ1v) is 15.5. The van der Waals surface area contributed by atoms with Gasteiger partial charge in [-0.1, -0.05) is 55.0 Å². The first-order valence-electron chi connectivity index (χ1n) is 13.9. The molecule has 1 aliphatic carbocycles. The number of carbonyl (C=O) groups excluding carboxylic acids is 1. The number of aliphatic hydroxyl groups is 1. The fraction of sp³-hybridized carbons (Fsp3) is 0.452. The second kappa shape index (κ2) is 12.0. The lowest BCUT2D eigenvalue weighted by Crippen LogP contribution is -2.34. The zero-order valence-electron chi connectivity index (χ0n) is 21.9. The van der Waals surface area contributed by atoms with E-state index in [2.05, 4.69) is 28.4 Å². The molecule has 2 atom stereocenters. The molecule has 7 heteroatoms. The molecule has 1 aliphatic heterocycles. The van der Waals surface area contributed by atoms with Crippen LogP contribution in [-0.2, 0) is 27.6 Å². The number of carbonyl (C=O) groups is 1. The number of aliphatic hydroxyl groups excluding tert-OH is 1. The van der Waals surface area contributed by atoms with E-state index in [1.807, 2.05) is 24.3 Å². The number of hydrogen-bond acceptors (Lipinski definition) is 5. The summed E-state index contributed by atoms with van der Waals surface area (Å²) in [6.07, 6.45) is 6.73. The zero-order valence-corrected chi connectivity index (χ0v) is 22.8. The van der Waals surface area contributed by atoms with Crippen LogP contribution in [0.2, 0.25) is 0 Å². The predicted molar refractivity (Wildman–Crippen MR) is 151 cm³/mol. The number of nitrogens with one attached hydrogen (secondary N) is 1. The van der Waals surface area contributed by atoms with Gasteiger partial charge < -0.3 is 10.4 Å². The van der Waals surface area contributed by atoms with Gasteiger partial charge in [-0.25, -0.2) is 8.42 Å². The summed E-state index contributed by atoms with van der Waals surface area (Å²) in [5.41, 5.74) is 3.79. The van der Waals surface area contributed by atoms with Crippen LogP contribution in [0.3, 0.4) is 0 Å². The molecule has 0 unspecified atom stereocenters. The minimum Gasteiger partial charge on any atom is -0.396 e. The van der Waals surface area contributed by atoms with Crippen molar-refractivity contribution < 1.29 is 18.3 Å². The molecule has 0 bridgehead atoms. The predicted octanol–water partition coefficient (Wildman–Crippen LogP) is 4.79. The van der Waals surface area contributed by atoms with E-state index in [0.717, 1.165) is 42.1 Å². The highest BCUT2D eigenvalue weighted by atomic mass is 32.2. The molecule has 5 rings (SSSR count). The molecule has 0 aromatic heterocycles. The summed E-state index contributed by atoms with van der Waals surface area (Å²) < 4.78 is 26.2.